The lowest BCUT2D eigenvalue weighted by atomic mass is 9.93. The maximum Gasteiger partial charge on any atom is 0.102 e. The number of hydrogen-bond acceptors (Lipinski definition) is 4. The minimum absolute atomic E-state index is 0.440. The third-order valence-electron chi connectivity index (χ3n) is 3.72. The Morgan fingerprint density at radius 1 is 1.04 bits per heavy atom. The van der Waals surface area contributed by atoms with Crippen LogP contribution < -0.4 is 0 Å². The van der Waals surface area contributed by atoms with Crippen molar-refractivity contribution in [1.29, 1.82) is 10.5 Å². The van der Waals surface area contributed by atoms with Crippen molar-refractivity contribution < 1.29 is 0 Å². The van der Waals surface area contributed by atoms with Crippen LogP contribution in [-0.2, 0) is 0 Å². The third-order valence-corrected chi connectivity index (χ3v) is 3.72. The van der Waals surface area contributed by atoms with Crippen LogP contribution in [0.15, 0.2) is 43.0 Å². The largest absolute Gasteiger partial charge is 0.306 e. The summed E-state index contributed by atoms with van der Waals surface area (Å²) in [4.78, 5) is 8.36. The molecule has 110 valence electrons. The lowest BCUT2D eigenvalue weighted by molar-refractivity contribution is 1.06. The standard InChI is InChI=1S/C18H13N5/c1-12-16(9-19)18(17(10-20)13(2)22-12)14-4-3-5-15(8-14)23-7-6-21-11-23/h3-8,11H,1-2H3. The summed E-state index contributed by atoms with van der Waals surface area (Å²) in [6.07, 6.45) is 5.26. The number of nitrogens with zero attached hydrogens (tertiary/aromatic N) is 5. The highest BCUT2D eigenvalue weighted by Crippen LogP contribution is 2.31. The van der Waals surface area contributed by atoms with Gasteiger partial charge in [0.25, 0.3) is 0 Å². The van der Waals surface area contributed by atoms with Gasteiger partial charge in [-0.2, -0.15) is 10.5 Å². The molecule has 0 bridgehead atoms. The highest BCUT2D eigenvalue weighted by molar-refractivity contribution is 5.79. The molecule has 5 nitrogen and oxygen atoms in total. The van der Waals surface area contributed by atoms with Gasteiger partial charge >= 0.3 is 0 Å². The van der Waals surface area contributed by atoms with Crippen LogP contribution in [0.1, 0.15) is 22.5 Å². The summed E-state index contributed by atoms with van der Waals surface area (Å²) in [5.41, 5.74) is 4.52. The topological polar surface area (TPSA) is 78.3 Å². The summed E-state index contributed by atoms with van der Waals surface area (Å²) in [6.45, 7) is 3.58. The van der Waals surface area contributed by atoms with Crippen LogP contribution in [-0.4, -0.2) is 14.5 Å². The summed E-state index contributed by atoms with van der Waals surface area (Å²) in [7, 11) is 0. The summed E-state index contributed by atoms with van der Waals surface area (Å²) in [5.74, 6) is 0. The Kier molecular flexibility index (Phi) is 3.62. The first-order valence-corrected chi connectivity index (χ1v) is 7.06. The number of aromatic nitrogens is 3. The fraction of sp³-hybridized carbons (Fsp3) is 0.111. The van der Waals surface area contributed by atoms with Crippen molar-refractivity contribution in [2.75, 3.05) is 0 Å². The highest BCUT2D eigenvalue weighted by Gasteiger charge is 2.17. The van der Waals surface area contributed by atoms with Crippen LogP contribution in [0.2, 0.25) is 0 Å². The maximum atomic E-state index is 9.51. The summed E-state index contributed by atoms with van der Waals surface area (Å²) < 4.78 is 1.88. The molecular formula is C18H13N5. The molecule has 0 radical (unpaired) electrons. The Morgan fingerprint density at radius 3 is 2.30 bits per heavy atom. The molecule has 0 saturated carbocycles. The first-order valence-electron chi connectivity index (χ1n) is 7.06. The van der Waals surface area contributed by atoms with E-state index >= 15 is 0 Å². The Hall–Kier alpha value is -3.44. The van der Waals surface area contributed by atoms with Crippen LogP contribution >= 0.6 is 0 Å². The van der Waals surface area contributed by atoms with Gasteiger partial charge < -0.3 is 4.57 Å². The molecule has 0 atom stereocenters. The van der Waals surface area contributed by atoms with Gasteiger partial charge in [0.1, 0.15) is 12.1 Å². The minimum Gasteiger partial charge on any atom is -0.306 e. The third kappa shape index (κ3) is 2.45. The van der Waals surface area contributed by atoms with Crippen LogP contribution in [0.3, 0.4) is 0 Å². The fourth-order valence-electron chi connectivity index (χ4n) is 2.65. The monoisotopic (exact) mass is 299 g/mol. The van der Waals surface area contributed by atoms with Gasteiger partial charge in [-0.3, -0.25) is 4.98 Å². The lowest BCUT2D eigenvalue weighted by Gasteiger charge is -2.12. The number of rotatable bonds is 2. The van der Waals surface area contributed by atoms with Gasteiger partial charge in [0.15, 0.2) is 0 Å². The highest BCUT2D eigenvalue weighted by atomic mass is 15.0. The molecule has 23 heavy (non-hydrogen) atoms. The maximum absolute atomic E-state index is 9.51. The number of benzene rings is 1. The second-order valence-electron chi connectivity index (χ2n) is 5.15. The minimum atomic E-state index is 0.440. The number of pyridine rings is 1. The zero-order chi connectivity index (χ0) is 16.4. The van der Waals surface area contributed by atoms with E-state index in [2.05, 4.69) is 22.1 Å². The van der Waals surface area contributed by atoms with Crippen molar-refractivity contribution in [2.45, 2.75) is 13.8 Å². The number of imidazole rings is 1. The quantitative estimate of drug-likeness (QED) is 0.727. The molecule has 5 heteroatoms. The van der Waals surface area contributed by atoms with E-state index in [4.69, 9.17) is 0 Å². The molecule has 3 aromatic rings. The van der Waals surface area contributed by atoms with E-state index in [0.717, 1.165) is 11.3 Å². The van der Waals surface area contributed by atoms with Crippen molar-refractivity contribution >= 4 is 0 Å². The Morgan fingerprint density at radius 2 is 1.74 bits per heavy atom. The van der Waals surface area contributed by atoms with Crippen LogP contribution in [0.25, 0.3) is 16.8 Å². The fourth-order valence-corrected chi connectivity index (χ4v) is 2.65. The van der Waals surface area contributed by atoms with Crippen molar-refractivity contribution in [1.82, 2.24) is 14.5 Å². The van der Waals surface area contributed by atoms with Crippen LogP contribution in [0.4, 0.5) is 0 Å². The number of aryl methyl sites for hydroxylation is 2. The molecule has 0 aliphatic rings. The molecule has 0 aliphatic carbocycles. The molecule has 0 saturated heterocycles. The lowest BCUT2D eigenvalue weighted by Crippen LogP contribution is -2.01. The number of nitriles is 2. The first-order chi connectivity index (χ1) is 11.2. The van der Waals surface area contributed by atoms with E-state index in [1.165, 1.54) is 0 Å². The van der Waals surface area contributed by atoms with Gasteiger partial charge in [-0.1, -0.05) is 12.1 Å². The average Bonchev–Trinajstić information content (AvgIpc) is 3.09. The van der Waals surface area contributed by atoms with Gasteiger partial charge in [0.2, 0.25) is 0 Å². The second kappa shape index (κ2) is 5.75. The van der Waals surface area contributed by atoms with Crippen LogP contribution in [0.5, 0.6) is 0 Å². The second-order valence-corrected chi connectivity index (χ2v) is 5.15. The molecular weight excluding hydrogens is 286 g/mol. The van der Waals surface area contributed by atoms with Crippen molar-refractivity contribution in [2.24, 2.45) is 0 Å². The van der Waals surface area contributed by atoms with E-state index in [9.17, 15) is 10.5 Å². The van der Waals surface area contributed by atoms with E-state index < -0.39 is 0 Å². The Balaban J connectivity index is 2.30. The van der Waals surface area contributed by atoms with E-state index in [1.807, 2.05) is 35.0 Å². The van der Waals surface area contributed by atoms with Crippen LogP contribution in [0, 0.1) is 36.5 Å². The molecule has 0 N–H and O–H groups in total. The molecule has 2 heterocycles. The molecule has 3 rings (SSSR count). The molecule has 0 aliphatic heterocycles. The molecule has 0 spiro atoms. The molecule has 2 aromatic heterocycles. The predicted octanol–water partition coefficient (Wildman–Crippen LogP) is 3.29. The van der Waals surface area contributed by atoms with Gasteiger partial charge in [-0.15, -0.1) is 0 Å². The van der Waals surface area contributed by atoms with Gasteiger partial charge in [0, 0.05) is 23.6 Å². The summed E-state index contributed by atoms with van der Waals surface area (Å²) in [5, 5.41) is 19.0. The SMILES string of the molecule is Cc1nc(C)c(C#N)c(-c2cccc(-n3ccnc3)c2)c1C#N. The summed E-state index contributed by atoms with van der Waals surface area (Å²) >= 11 is 0. The summed E-state index contributed by atoms with van der Waals surface area (Å²) in [6, 6.07) is 12.1. The van der Waals surface area contributed by atoms with Crippen molar-refractivity contribution in [3.63, 3.8) is 0 Å². The van der Waals surface area contributed by atoms with E-state index in [0.29, 0.717) is 28.1 Å². The van der Waals surface area contributed by atoms with Gasteiger partial charge in [-0.25, -0.2) is 4.98 Å². The smallest absolute Gasteiger partial charge is 0.102 e. The molecule has 0 fully saturated rings. The molecule has 0 unspecified atom stereocenters. The van der Waals surface area contributed by atoms with E-state index in [-0.39, 0.29) is 0 Å². The Labute approximate surface area is 134 Å². The van der Waals surface area contributed by atoms with Crippen molar-refractivity contribution in [3.8, 4) is 29.0 Å². The molecule has 0 amide bonds. The predicted molar refractivity (Wildman–Crippen MR) is 85.7 cm³/mol. The zero-order valence-corrected chi connectivity index (χ0v) is 12.8. The van der Waals surface area contributed by atoms with E-state index in [1.54, 1.807) is 26.4 Å². The van der Waals surface area contributed by atoms with Crippen molar-refractivity contribution in [3.05, 3.63) is 65.5 Å². The normalized spacial score (nSPS) is 10.1. The Bertz CT molecular complexity index is 918. The first kappa shape index (κ1) is 14.5. The molecule has 1 aromatic carbocycles. The van der Waals surface area contributed by atoms with Gasteiger partial charge in [0.05, 0.1) is 28.8 Å². The number of hydrogen-bond donors (Lipinski definition) is 0. The average molecular weight is 299 g/mol. The zero-order valence-electron chi connectivity index (χ0n) is 12.8. The van der Waals surface area contributed by atoms with Gasteiger partial charge in [-0.05, 0) is 31.5 Å².